The predicted octanol–water partition coefficient (Wildman–Crippen LogP) is 1.61. The molecule has 0 spiro atoms. The number of rotatable bonds is 5. The lowest BCUT2D eigenvalue weighted by Crippen LogP contribution is -2.52. The van der Waals surface area contributed by atoms with Crippen LogP contribution in [0.1, 0.15) is 23.7 Å². The maximum Gasteiger partial charge on any atom is 0.407 e. The SMILES string of the molecule is CC(=O)c1cccc(OCC[C@@H]2CN(C(=O)O)CCN2)c1. The molecule has 1 aliphatic heterocycles. The summed E-state index contributed by atoms with van der Waals surface area (Å²) in [5, 5.41) is 12.3. The molecule has 0 aromatic heterocycles. The van der Waals surface area contributed by atoms with Crippen LogP contribution in [0.25, 0.3) is 0 Å². The molecule has 0 aliphatic carbocycles. The molecule has 1 saturated heterocycles. The van der Waals surface area contributed by atoms with Gasteiger partial charge in [-0.3, -0.25) is 4.79 Å². The molecule has 21 heavy (non-hydrogen) atoms. The van der Waals surface area contributed by atoms with Crippen molar-refractivity contribution >= 4 is 11.9 Å². The summed E-state index contributed by atoms with van der Waals surface area (Å²) in [4.78, 5) is 23.6. The number of Topliss-reactive ketones (excluding diaryl/α,β-unsaturated/α-hetero) is 1. The molecular weight excluding hydrogens is 272 g/mol. The van der Waals surface area contributed by atoms with Gasteiger partial charge < -0.3 is 20.1 Å². The number of piperazine rings is 1. The Morgan fingerprint density at radius 2 is 2.29 bits per heavy atom. The Morgan fingerprint density at radius 1 is 1.48 bits per heavy atom. The van der Waals surface area contributed by atoms with Crippen LogP contribution >= 0.6 is 0 Å². The molecule has 6 heteroatoms. The molecule has 2 N–H and O–H groups in total. The van der Waals surface area contributed by atoms with Crippen LogP contribution in [-0.4, -0.2) is 54.2 Å². The normalized spacial score (nSPS) is 18.3. The summed E-state index contributed by atoms with van der Waals surface area (Å²) in [6, 6.07) is 7.18. The van der Waals surface area contributed by atoms with Crippen LogP contribution in [0, 0.1) is 0 Å². The molecule has 0 unspecified atom stereocenters. The molecule has 1 fully saturated rings. The lowest BCUT2D eigenvalue weighted by atomic mass is 10.1. The van der Waals surface area contributed by atoms with Crippen LogP contribution in [0.4, 0.5) is 4.79 Å². The van der Waals surface area contributed by atoms with Crippen molar-refractivity contribution in [2.45, 2.75) is 19.4 Å². The lowest BCUT2D eigenvalue weighted by Gasteiger charge is -2.31. The quantitative estimate of drug-likeness (QED) is 0.806. The van der Waals surface area contributed by atoms with Gasteiger partial charge in [-0.2, -0.15) is 0 Å². The number of hydrogen-bond donors (Lipinski definition) is 2. The standard InChI is InChI=1S/C15H20N2O4/c1-11(18)12-3-2-4-14(9-12)21-8-5-13-10-17(15(19)20)7-6-16-13/h2-4,9,13,16H,5-8,10H2,1H3,(H,19,20)/t13-/m1/s1. The number of nitrogens with zero attached hydrogens (tertiary/aromatic N) is 1. The first kappa shape index (κ1) is 15.3. The van der Waals surface area contributed by atoms with Crippen molar-refractivity contribution in [2.24, 2.45) is 0 Å². The second kappa shape index (κ2) is 7.08. The van der Waals surface area contributed by atoms with E-state index in [1.54, 1.807) is 18.2 Å². The molecular formula is C15H20N2O4. The molecule has 0 radical (unpaired) electrons. The van der Waals surface area contributed by atoms with E-state index in [-0.39, 0.29) is 11.8 Å². The zero-order chi connectivity index (χ0) is 15.2. The molecule has 0 saturated carbocycles. The van der Waals surface area contributed by atoms with Crippen molar-refractivity contribution < 1.29 is 19.4 Å². The van der Waals surface area contributed by atoms with Gasteiger partial charge in [0.05, 0.1) is 6.61 Å². The highest BCUT2D eigenvalue weighted by molar-refractivity contribution is 5.94. The molecule has 0 bridgehead atoms. The van der Waals surface area contributed by atoms with Crippen LogP contribution in [0.2, 0.25) is 0 Å². The smallest absolute Gasteiger partial charge is 0.407 e. The van der Waals surface area contributed by atoms with E-state index in [0.29, 0.717) is 44.0 Å². The average molecular weight is 292 g/mol. The van der Waals surface area contributed by atoms with E-state index < -0.39 is 6.09 Å². The highest BCUT2D eigenvalue weighted by Crippen LogP contribution is 2.14. The Morgan fingerprint density at radius 3 is 3.00 bits per heavy atom. The Balaban J connectivity index is 1.80. The summed E-state index contributed by atoms with van der Waals surface area (Å²) in [5.41, 5.74) is 0.625. The van der Waals surface area contributed by atoms with Gasteiger partial charge in [-0.05, 0) is 25.5 Å². The zero-order valence-electron chi connectivity index (χ0n) is 12.0. The topological polar surface area (TPSA) is 78.9 Å². The number of carboxylic acid groups (broad SMARTS) is 1. The van der Waals surface area contributed by atoms with Crippen molar-refractivity contribution in [3.63, 3.8) is 0 Å². The molecule has 2 rings (SSSR count). The number of carbonyl (C=O) groups is 2. The summed E-state index contributed by atoms with van der Waals surface area (Å²) in [5.74, 6) is 0.667. The van der Waals surface area contributed by atoms with E-state index in [2.05, 4.69) is 5.32 Å². The van der Waals surface area contributed by atoms with E-state index in [0.717, 1.165) is 0 Å². The van der Waals surface area contributed by atoms with E-state index >= 15 is 0 Å². The zero-order valence-corrected chi connectivity index (χ0v) is 12.0. The molecule has 1 heterocycles. The van der Waals surface area contributed by atoms with Gasteiger partial charge in [-0.15, -0.1) is 0 Å². The van der Waals surface area contributed by atoms with Crippen LogP contribution < -0.4 is 10.1 Å². The third kappa shape index (κ3) is 4.46. The minimum atomic E-state index is -0.878. The van der Waals surface area contributed by atoms with Crippen LogP contribution in [0.3, 0.4) is 0 Å². The molecule has 6 nitrogen and oxygen atoms in total. The third-order valence-corrected chi connectivity index (χ3v) is 3.50. The van der Waals surface area contributed by atoms with Crippen molar-refractivity contribution in [1.82, 2.24) is 10.2 Å². The molecule has 1 aliphatic rings. The van der Waals surface area contributed by atoms with Gasteiger partial charge >= 0.3 is 6.09 Å². The third-order valence-electron chi connectivity index (χ3n) is 3.50. The van der Waals surface area contributed by atoms with Gasteiger partial charge in [-0.1, -0.05) is 12.1 Å². The Labute approximate surface area is 123 Å². The highest BCUT2D eigenvalue weighted by atomic mass is 16.5. The van der Waals surface area contributed by atoms with Gasteiger partial charge in [0.25, 0.3) is 0 Å². The summed E-state index contributed by atoms with van der Waals surface area (Å²) >= 11 is 0. The minimum absolute atomic E-state index is 0.00602. The van der Waals surface area contributed by atoms with E-state index in [4.69, 9.17) is 9.84 Å². The monoisotopic (exact) mass is 292 g/mol. The van der Waals surface area contributed by atoms with E-state index in [9.17, 15) is 9.59 Å². The van der Waals surface area contributed by atoms with Crippen molar-refractivity contribution in [2.75, 3.05) is 26.2 Å². The number of benzene rings is 1. The second-order valence-electron chi connectivity index (χ2n) is 5.10. The summed E-state index contributed by atoms with van der Waals surface area (Å²) < 4.78 is 5.64. The van der Waals surface area contributed by atoms with Crippen molar-refractivity contribution in [1.29, 1.82) is 0 Å². The minimum Gasteiger partial charge on any atom is -0.494 e. The van der Waals surface area contributed by atoms with Crippen molar-refractivity contribution in [3.05, 3.63) is 29.8 Å². The number of carbonyl (C=O) groups excluding carboxylic acids is 1. The fourth-order valence-corrected chi connectivity index (χ4v) is 2.32. The highest BCUT2D eigenvalue weighted by Gasteiger charge is 2.22. The van der Waals surface area contributed by atoms with Gasteiger partial charge in [0.2, 0.25) is 0 Å². The molecule has 1 amide bonds. The largest absolute Gasteiger partial charge is 0.494 e. The first-order valence-corrected chi connectivity index (χ1v) is 7.01. The van der Waals surface area contributed by atoms with Gasteiger partial charge in [0.15, 0.2) is 5.78 Å². The number of amides is 1. The average Bonchev–Trinajstić information content (AvgIpc) is 2.48. The maximum atomic E-state index is 11.3. The fourth-order valence-electron chi connectivity index (χ4n) is 2.32. The Bertz CT molecular complexity index is 518. The van der Waals surface area contributed by atoms with Crippen molar-refractivity contribution in [3.8, 4) is 5.75 Å². The lowest BCUT2D eigenvalue weighted by molar-refractivity contribution is 0.101. The number of nitrogens with one attached hydrogen (secondary N) is 1. The molecule has 1 aromatic rings. The molecule has 1 atom stereocenters. The summed E-state index contributed by atoms with van der Waals surface area (Å²) in [6.07, 6.45) is -0.162. The first-order chi connectivity index (χ1) is 10.1. The first-order valence-electron chi connectivity index (χ1n) is 7.01. The van der Waals surface area contributed by atoms with Crippen LogP contribution in [-0.2, 0) is 0 Å². The number of ether oxygens (including phenoxy) is 1. The number of ketones is 1. The number of hydrogen-bond acceptors (Lipinski definition) is 4. The molecule has 114 valence electrons. The van der Waals surface area contributed by atoms with Crippen LogP contribution in [0.15, 0.2) is 24.3 Å². The fraction of sp³-hybridized carbons (Fsp3) is 0.467. The maximum absolute atomic E-state index is 11.3. The predicted molar refractivity (Wildman–Crippen MR) is 77.9 cm³/mol. The Hall–Kier alpha value is -2.08. The van der Waals surface area contributed by atoms with Gasteiger partial charge in [-0.25, -0.2) is 4.79 Å². The van der Waals surface area contributed by atoms with E-state index in [1.165, 1.54) is 11.8 Å². The summed E-state index contributed by atoms with van der Waals surface area (Å²) in [7, 11) is 0. The van der Waals surface area contributed by atoms with E-state index in [1.807, 2.05) is 6.07 Å². The van der Waals surface area contributed by atoms with Crippen LogP contribution in [0.5, 0.6) is 5.75 Å². The van der Waals surface area contributed by atoms with Gasteiger partial charge in [0.1, 0.15) is 5.75 Å². The van der Waals surface area contributed by atoms with Gasteiger partial charge in [0, 0.05) is 31.2 Å². The summed E-state index contributed by atoms with van der Waals surface area (Å²) in [6.45, 7) is 3.66. The second-order valence-corrected chi connectivity index (χ2v) is 5.10. The Kier molecular flexibility index (Phi) is 5.16. The molecule has 1 aromatic carbocycles.